The van der Waals surface area contributed by atoms with Crippen LogP contribution >= 0.6 is 0 Å². The van der Waals surface area contributed by atoms with Crippen molar-refractivity contribution in [3.8, 4) is 0 Å². The Morgan fingerprint density at radius 1 is 1.17 bits per heavy atom. The molecular weight excluding hydrogens is 227 g/mol. The van der Waals surface area contributed by atoms with Gasteiger partial charge >= 0.3 is 0 Å². The maximum Gasteiger partial charge on any atom is 0.169 e. The number of halogens is 1. The number of ketones is 1. The van der Waals surface area contributed by atoms with Crippen molar-refractivity contribution in [2.75, 3.05) is 0 Å². The number of alkyl halides is 1. The van der Waals surface area contributed by atoms with E-state index in [9.17, 15) is 9.18 Å². The van der Waals surface area contributed by atoms with Crippen molar-refractivity contribution in [1.29, 1.82) is 0 Å². The van der Waals surface area contributed by atoms with E-state index in [4.69, 9.17) is 0 Å². The van der Waals surface area contributed by atoms with Gasteiger partial charge in [0, 0.05) is 6.42 Å². The quantitative estimate of drug-likeness (QED) is 0.729. The minimum absolute atomic E-state index is 0.170. The molecule has 102 valence electrons. The lowest BCUT2D eigenvalue weighted by Crippen LogP contribution is -2.49. The summed E-state index contributed by atoms with van der Waals surface area (Å²) in [6.07, 6.45) is 8.54. The molecule has 1 nitrogen and oxygen atoms in total. The fraction of sp³-hybridized carbons (Fsp3) is 0.938. The molecule has 0 aromatic rings. The van der Waals surface area contributed by atoms with Crippen LogP contribution in [0.15, 0.2) is 0 Å². The molecule has 0 spiro atoms. The van der Waals surface area contributed by atoms with Crippen LogP contribution in [0.2, 0.25) is 0 Å². The lowest BCUT2D eigenvalue weighted by molar-refractivity contribution is -0.136. The summed E-state index contributed by atoms with van der Waals surface area (Å²) in [4.78, 5) is 11.8. The smallest absolute Gasteiger partial charge is 0.169 e. The van der Waals surface area contributed by atoms with E-state index in [-0.39, 0.29) is 11.2 Å². The molecule has 4 rings (SSSR count). The molecule has 2 heteroatoms. The zero-order chi connectivity index (χ0) is 13.0. The van der Waals surface area contributed by atoms with Gasteiger partial charge in [-0.25, -0.2) is 4.39 Å². The van der Waals surface area contributed by atoms with Gasteiger partial charge in [0.2, 0.25) is 0 Å². The van der Waals surface area contributed by atoms with Crippen LogP contribution in [-0.4, -0.2) is 11.5 Å². The second-order valence-corrected chi connectivity index (χ2v) is 7.57. The first-order valence-corrected chi connectivity index (χ1v) is 7.65. The molecule has 0 amide bonds. The molecule has 0 aromatic heterocycles. The summed E-state index contributed by atoms with van der Waals surface area (Å²) in [7, 11) is 0. The Bertz CT molecular complexity index is 323. The molecule has 4 fully saturated rings. The number of carbonyl (C=O) groups is 1. The van der Waals surface area contributed by atoms with E-state index >= 15 is 0 Å². The van der Waals surface area contributed by atoms with E-state index in [0.29, 0.717) is 12.8 Å². The van der Waals surface area contributed by atoms with Gasteiger partial charge in [-0.2, -0.15) is 0 Å². The minimum atomic E-state index is -1.58. The van der Waals surface area contributed by atoms with Gasteiger partial charge in [0.1, 0.15) is 0 Å². The van der Waals surface area contributed by atoms with E-state index in [1.165, 1.54) is 45.4 Å². The fourth-order valence-corrected chi connectivity index (χ4v) is 5.68. The summed E-state index contributed by atoms with van der Waals surface area (Å²) in [6, 6.07) is 0. The van der Waals surface area contributed by atoms with Crippen molar-refractivity contribution in [1.82, 2.24) is 0 Å². The van der Waals surface area contributed by atoms with Crippen molar-refractivity contribution in [2.24, 2.45) is 23.2 Å². The standard InChI is InChI=1S/C16H25FO/c1-3-14(18)15(2,17)10-16-7-11-4-12(8-16)6-13(5-11)9-16/h11-13H,3-10H2,1-2H3. The third-order valence-electron chi connectivity index (χ3n) is 5.77. The van der Waals surface area contributed by atoms with Crippen molar-refractivity contribution < 1.29 is 9.18 Å². The topological polar surface area (TPSA) is 17.1 Å². The van der Waals surface area contributed by atoms with Crippen LogP contribution in [0.3, 0.4) is 0 Å². The highest BCUT2D eigenvalue weighted by Gasteiger charge is 2.53. The van der Waals surface area contributed by atoms with E-state index in [2.05, 4.69) is 0 Å². The van der Waals surface area contributed by atoms with Crippen LogP contribution in [0.4, 0.5) is 4.39 Å². The summed E-state index contributed by atoms with van der Waals surface area (Å²) in [5.74, 6) is 2.31. The van der Waals surface area contributed by atoms with Gasteiger partial charge in [-0.05, 0) is 75.0 Å². The molecule has 0 heterocycles. The predicted octanol–water partition coefficient (Wildman–Crippen LogP) is 4.30. The molecule has 0 aromatic carbocycles. The number of hydrogen-bond donors (Lipinski definition) is 0. The first-order chi connectivity index (χ1) is 8.42. The van der Waals surface area contributed by atoms with Crippen LogP contribution in [0.25, 0.3) is 0 Å². The third kappa shape index (κ3) is 2.02. The number of hydrogen-bond acceptors (Lipinski definition) is 1. The van der Waals surface area contributed by atoms with Gasteiger partial charge in [0.25, 0.3) is 0 Å². The van der Waals surface area contributed by atoms with Crippen molar-refractivity contribution in [2.45, 2.75) is 70.9 Å². The van der Waals surface area contributed by atoms with Gasteiger partial charge in [-0.1, -0.05) is 6.92 Å². The van der Waals surface area contributed by atoms with Gasteiger partial charge in [-0.15, -0.1) is 0 Å². The molecule has 0 saturated heterocycles. The second-order valence-electron chi connectivity index (χ2n) is 7.57. The normalized spacial score (nSPS) is 44.9. The first kappa shape index (κ1) is 12.6. The number of carbonyl (C=O) groups excluding carboxylic acids is 1. The summed E-state index contributed by atoms with van der Waals surface area (Å²) in [5.41, 5.74) is -1.41. The average molecular weight is 252 g/mol. The Balaban J connectivity index is 1.78. The van der Waals surface area contributed by atoms with Crippen LogP contribution in [0, 0.1) is 23.2 Å². The largest absolute Gasteiger partial charge is 0.296 e. The highest BCUT2D eigenvalue weighted by atomic mass is 19.1. The zero-order valence-electron chi connectivity index (χ0n) is 11.7. The predicted molar refractivity (Wildman–Crippen MR) is 70.0 cm³/mol. The summed E-state index contributed by atoms with van der Waals surface area (Å²) in [6.45, 7) is 3.30. The maximum atomic E-state index is 14.6. The summed E-state index contributed by atoms with van der Waals surface area (Å²) in [5, 5.41) is 0. The number of rotatable bonds is 4. The monoisotopic (exact) mass is 252 g/mol. The summed E-state index contributed by atoms with van der Waals surface area (Å²) < 4.78 is 14.6. The molecule has 0 aliphatic heterocycles. The van der Waals surface area contributed by atoms with Crippen molar-refractivity contribution in [3.63, 3.8) is 0 Å². The van der Waals surface area contributed by atoms with Gasteiger partial charge in [0.15, 0.2) is 11.5 Å². The van der Waals surface area contributed by atoms with Crippen molar-refractivity contribution in [3.05, 3.63) is 0 Å². The Kier molecular flexibility index (Phi) is 2.84. The molecule has 4 bridgehead atoms. The first-order valence-electron chi connectivity index (χ1n) is 7.65. The molecule has 0 N–H and O–H groups in total. The lowest BCUT2D eigenvalue weighted by Gasteiger charge is -2.58. The highest BCUT2D eigenvalue weighted by molar-refractivity contribution is 5.86. The molecule has 4 aliphatic rings. The molecule has 4 aliphatic carbocycles. The van der Waals surface area contributed by atoms with Crippen LogP contribution in [0.1, 0.15) is 65.2 Å². The van der Waals surface area contributed by atoms with E-state index in [0.717, 1.165) is 17.8 Å². The van der Waals surface area contributed by atoms with Crippen LogP contribution in [0.5, 0.6) is 0 Å². The van der Waals surface area contributed by atoms with Gasteiger partial charge in [-0.3, -0.25) is 4.79 Å². The molecule has 18 heavy (non-hydrogen) atoms. The lowest BCUT2D eigenvalue weighted by atomic mass is 9.48. The molecule has 4 saturated carbocycles. The van der Waals surface area contributed by atoms with E-state index in [1.54, 1.807) is 6.92 Å². The van der Waals surface area contributed by atoms with Crippen LogP contribution < -0.4 is 0 Å². The number of Topliss-reactive ketones (excluding diaryl/α,β-unsaturated/α-hetero) is 1. The van der Waals surface area contributed by atoms with Crippen LogP contribution in [-0.2, 0) is 4.79 Å². The van der Waals surface area contributed by atoms with Crippen molar-refractivity contribution >= 4 is 5.78 Å². The Morgan fingerprint density at radius 3 is 2.00 bits per heavy atom. The van der Waals surface area contributed by atoms with E-state index < -0.39 is 5.67 Å². The SMILES string of the molecule is CCC(=O)C(C)(F)CC12CC3CC(CC(C3)C1)C2. The molecular formula is C16H25FO. The Labute approximate surface area is 110 Å². The zero-order valence-corrected chi connectivity index (χ0v) is 11.7. The minimum Gasteiger partial charge on any atom is -0.296 e. The Hall–Kier alpha value is -0.400. The summed E-state index contributed by atoms with van der Waals surface area (Å²) >= 11 is 0. The van der Waals surface area contributed by atoms with Gasteiger partial charge in [0.05, 0.1) is 0 Å². The third-order valence-corrected chi connectivity index (χ3v) is 5.77. The second kappa shape index (κ2) is 4.05. The fourth-order valence-electron chi connectivity index (χ4n) is 5.68. The molecule has 1 unspecified atom stereocenters. The molecule has 0 radical (unpaired) electrons. The molecule has 1 atom stereocenters. The van der Waals surface area contributed by atoms with E-state index in [1.807, 2.05) is 0 Å². The maximum absolute atomic E-state index is 14.6. The Morgan fingerprint density at radius 2 is 1.61 bits per heavy atom. The average Bonchev–Trinajstić information content (AvgIpc) is 2.24. The van der Waals surface area contributed by atoms with Gasteiger partial charge < -0.3 is 0 Å². The highest BCUT2D eigenvalue weighted by Crippen LogP contribution is 2.62.